The lowest BCUT2D eigenvalue weighted by atomic mass is 10.1. The monoisotopic (exact) mass is 340 g/mol. The van der Waals surface area contributed by atoms with E-state index in [9.17, 15) is 0 Å². The minimum absolute atomic E-state index is 1.06. The molecule has 0 saturated heterocycles. The van der Waals surface area contributed by atoms with Crippen LogP contribution in [-0.2, 0) is 0 Å². The zero-order valence-corrected chi connectivity index (χ0v) is 14.0. The molecule has 1 aromatic heterocycles. The van der Waals surface area contributed by atoms with Crippen LogP contribution < -0.4 is 5.32 Å². The van der Waals surface area contributed by atoms with Crippen LogP contribution in [0.2, 0.25) is 0 Å². The van der Waals surface area contributed by atoms with Gasteiger partial charge in [0, 0.05) is 27.4 Å². The largest absolute Gasteiger partial charge is 0.355 e. The molecular formula is C18H17BrN2. The Bertz CT molecular complexity index is 825. The number of rotatable bonds is 2. The maximum atomic E-state index is 4.51. The van der Waals surface area contributed by atoms with Crippen LogP contribution >= 0.6 is 15.9 Å². The van der Waals surface area contributed by atoms with Gasteiger partial charge in [-0.3, -0.25) is 4.98 Å². The van der Waals surface area contributed by atoms with E-state index >= 15 is 0 Å². The number of nitrogens with one attached hydrogen (secondary N) is 1. The third-order valence-electron chi connectivity index (χ3n) is 3.64. The first-order chi connectivity index (χ1) is 10.0. The number of hydrogen-bond donors (Lipinski definition) is 1. The Morgan fingerprint density at radius 1 is 0.905 bits per heavy atom. The van der Waals surface area contributed by atoms with E-state index in [0.717, 1.165) is 26.8 Å². The highest BCUT2D eigenvalue weighted by Crippen LogP contribution is 2.30. The summed E-state index contributed by atoms with van der Waals surface area (Å²) in [6, 6.07) is 12.6. The Kier molecular flexibility index (Phi) is 3.68. The summed E-state index contributed by atoms with van der Waals surface area (Å²) in [6.45, 7) is 6.33. The molecule has 0 aliphatic carbocycles. The molecule has 0 aliphatic rings. The Morgan fingerprint density at radius 2 is 1.71 bits per heavy atom. The average Bonchev–Trinajstić information content (AvgIpc) is 2.42. The molecule has 106 valence electrons. The molecular weight excluding hydrogens is 324 g/mol. The predicted octanol–water partition coefficient (Wildman–Crippen LogP) is 5.67. The minimum Gasteiger partial charge on any atom is -0.355 e. The smallest absolute Gasteiger partial charge is 0.0752 e. The highest BCUT2D eigenvalue weighted by atomic mass is 79.9. The van der Waals surface area contributed by atoms with Crippen molar-refractivity contribution < 1.29 is 0 Å². The SMILES string of the molecule is Cc1cc(C)c2nccc(Nc3ccc(Br)cc3C)c2c1. The summed E-state index contributed by atoms with van der Waals surface area (Å²) in [7, 11) is 0. The van der Waals surface area contributed by atoms with Gasteiger partial charge >= 0.3 is 0 Å². The number of pyridine rings is 1. The number of hydrogen-bond acceptors (Lipinski definition) is 2. The lowest BCUT2D eigenvalue weighted by Crippen LogP contribution is -1.96. The van der Waals surface area contributed by atoms with Crippen molar-refractivity contribution in [3.05, 3.63) is 63.8 Å². The van der Waals surface area contributed by atoms with Crippen molar-refractivity contribution in [2.24, 2.45) is 0 Å². The molecule has 0 bridgehead atoms. The summed E-state index contributed by atoms with van der Waals surface area (Å²) in [5, 5.41) is 4.70. The fourth-order valence-electron chi connectivity index (χ4n) is 2.63. The van der Waals surface area contributed by atoms with E-state index in [0.29, 0.717) is 0 Å². The highest BCUT2D eigenvalue weighted by Gasteiger charge is 2.07. The Morgan fingerprint density at radius 3 is 2.48 bits per heavy atom. The molecule has 3 rings (SSSR count). The van der Waals surface area contributed by atoms with Crippen molar-refractivity contribution in [3.63, 3.8) is 0 Å². The van der Waals surface area contributed by atoms with Crippen LogP contribution in [0.3, 0.4) is 0 Å². The zero-order valence-electron chi connectivity index (χ0n) is 12.4. The molecule has 1 heterocycles. The van der Waals surface area contributed by atoms with Gasteiger partial charge in [-0.1, -0.05) is 27.6 Å². The second kappa shape index (κ2) is 5.49. The second-order valence-corrected chi connectivity index (χ2v) is 6.34. The fourth-order valence-corrected chi connectivity index (χ4v) is 3.11. The van der Waals surface area contributed by atoms with Gasteiger partial charge in [0.05, 0.1) is 5.52 Å². The average molecular weight is 341 g/mol. The van der Waals surface area contributed by atoms with Gasteiger partial charge in [0.15, 0.2) is 0 Å². The number of fused-ring (bicyclic) bond motifs is 1. The third-order valence-corrected chi connectivity index (χ3v) is 4.13. The van der Waals surface area contributed by atoms with Crippen LogP contribution in [0.1, 0.15) is 16.7 Å². The van der Waals surface area contributed by atoms with Crippen molar-refractivity contribution in [2.75, 3.05) is 5.32 Å². The van der Waals surface area contributed by atoms with E-state index in [1.54, 1.807) is 0 Å². The molecule has 0 spiro atoms. The Balaban J connectivity index is 2.12. The highest BCUT2D eigenvalue weighted by molar-refractivity contribution is 9.10. The second-order valence-electron chi connectivity index (χ2n) is 5.42. The zero-order chi connectivity index (χ0) is 15.0. The summed E-state index contributed by atoms with van der Waals surface area (Å²) in [6.07, 6.45) is 1.86. The summed E-state index contributed by atoms with van der Waals surface area (Å²) in [4.78, 5) is 4.51. The van der Waals surface area contributed by atoms with Crippen LogP contribution in [0.25, 0.3) is 10.9 Å². The first-order valence-corrected chi connectivity index (χ1v) is 7.73. The maximum absolute atomic E-state index is 4.51. The summed E-state index contributed by atoms with van der Waals surface area (Å²) >= 11 is 3.50. The fraction of sp³-hybridized carbons (Fsp3) is 0.167. The lowest BCUT2D eigenvalue weighted by molar-refractivity contribution is 1.33. The van der Waals surface area contributed by atoms with Crippen LogP contribution in [-0.4, -0.2) is 4.98 Å². The number of nitrogens with zero attached hydrogens (tertiary/aromatic N) is 1. The summed E-state index contributed by atoms with van der Waals surface area (Å²) in [5.74, 6) is 0. The minimum atomic E-state index is 1.06. The van der Waals surface area contributed by atoms with Gasteiger partial charge in [-0.25, -0.2) is 0 Å². The van der Waals surface area contributed by atoms with Gasteiger partial charge in [-0.2, -0.15) is 0 Å². The van der Waals surface area contributed by atoms with Crippen LogP contribution in [0.15, 0.2) is 47.1 Å². The number of halogens is 1. The number of aromatic nitrogens is 1. The van der Waals surface area contributed by atoms with E-state index in [-0.39, 0.29) is 0 Å². The standard InChI is InChI=1S/C18H17BrN2/c1-11-8-13(3)18-15(9-11)17(6-7-20-18)21-16-5-4-14(19)10-12(16)2/h4-10H,1-3H3,(H,20,21). The van der Waals surface area contributed by atoms with Crippen molar-refractivity contribution >= 4 is 38.2 Å². The Labute approximate surface area is 133 Å². The van der Waals surface area contributed by atoms with Crippen molar-refractivity contribution in [3.8, 4) is 0 Å². The molecule has 0 amide bonds. The molecule has 0 radical (unpaired) electrons. The summed E-state index contributed by atoms with van der Waals surface area (Å²) < 4.78 is 1.09. The van der Waals surface area contributed by atoms with Crippen LogP contribution in [0.4, 0.5) is 11.4 Å². The van der Waals surface area contributed by atoms with Crippen LogP contribution in [0, 0.1) is 20.8 Å². The number of anilines is 2. The molecule has 2 nitrogen and oxygen atoms in total. The van der Waals surface area contributed by atoms with E-state index < -0.39 is 0 Å². The van der Waals surface area contributed by atoms with Crippen LogP contribution in [0.5, 0.6) is 0 Å². The molecule has 0 fully saturated rings. The number of aryl methyl sites for hydroxylation is 3. The molecule has 0 unspecified atom stereocenters. The quantitative estimate of drug-likeness (QED) is 0.650. The molecule has 3 aromatic rings. The third kappa shape index (κ3) is 2.79. The van der Waals surface area contributed by atoms with Gasteiger partial charge in [-0.15, -0.1) is 0 Å². The van der Waals surface area contributed by atoms with Gasteiger partial charge in [0.25, 0.3) is 0 Å². The predicted molar refractivity (Wildman–Crippen MR) is 93.4 cm³/mol. The first kappa shape index (κ1) is 14.1. The maximum Gasteiger partial charge on any atom is 0.0752 e. The lowest BCUT2D eigenvalue weighted by Gasteiger charge is -2.13. The molecule has 3 heteroatoms. The van der Waals surface area contributed by atoms with Crippen molar-refractivity contribution in [2.45, 2.75) is 20.8 Å². The van der Waals surface area contributed by atoms with Gasteiger partial charge in [0.2, 0.25) is 0 Å². The molecule has 0 saturated carbocycles. The molecule has 2 aromatic carbocycles. The van der Waals surface area contributed by atoms with E-state index in [1.165, 1.54) is 16.7 Å². The Hall–Kier alpha value is -1.87. The van der Waals surface area contributed by atoms with Gasteiger partial charge in [0.1, 0.15) is 0 Å². The molecule has 0 aliphatic heterocycles. The van der Waals surface area contributed by atoms with E-state index in [2.05, 4.69) is 77.3 Å². The van der Waals surface area contributed by atoms with Crippen molar-refractivity contribution in [1.82, 2.24) is 4.98 Å². The first-order valence-electron chi connectivity index (χ1n) is 6.94. The molecule has 0 atom stereocenters. The number of benzene rings is 2. The normalized spacial score (nSPS) is 10.9. The molecule has 21 heavy (non-hydrogen) atoms. The van der Waals surface area contributed by atoms with E-state index in [1.807, 2.05) is 12.3 Å². The van der Waals surface area contributed by atoms with Crippen molar-refractivity contribution in [1.29, 1.82) is 0 Å². The van der Waals surface area contributed by atoms with Gasteiger partial charge < -0.3 is 5.32 Å². The topological polar surface area (TPSA) is 24.9 Å². The molecule has 1 N–H and O–H groups in total. The van der Waals surface area contributed by atoms with Gasteiger partial charge in [-0.05, 0) is 62.2 Å². The van der Waals surface area contributed by atoms with E-state index in [4.69, 9.17) is 0 Å². The summed E-state index contributed by atoms with van der Waals surface area (Å²) in [5.41, 5.74) is 6.94.